The van der Waals surface area contributed by atoms with E-state index in [1.165, 1.54) is 0 Å². The third-order valence-corrected chi connectivity index (χ3v) is 2.06. The van der Waals surface area contributed by atoms with Crippen LogP contribution in [0.25, 0.3) is 11.0 Å². The van der Waals surface area contributed by atoms with Crippen molar-refractivity contribution in [2.75, 3.05) is 13.7 Å². The SMILES string of the molecule is COCCc1nc2ccc(O)cc2[nH]1. The highest BCUT2D eigenvalue weighted by Crippen LogP contribution is 2.17. The smallest absolute Gasteiger partial charge is 0.117 e. The predicted octanol–water partition coefficient (Wildman–Crippen LogP) is 1.46. The zero-order valence-electron chi connectivity index (χ0n) is 7.95. The molecule has 2 N–H and O–H groups in total. The van der Waals surface area contributed by atoms with Gasteiger partial charge in [-0.2, -0.15) is 0 Å². The molecule has 0 aliphatic rings. The maximum atomic E-state index is 9.24. The van der Waals surface area contributed by atoms with Gasteiger partial charge in [-0.3, -0.25) is 0 Å². The first-order valence-electron chi connectivity index (χ1n) is 4.46. The number of aromatic hydroxyl groups is 1. The van der Waals surface area contributed by atoms with Crippen molar-refractivity contribution in [1.82, 2.24) is 9.97 Å². The minimum atomic E-state index is 0.249. The van der Waals surface area contributed by atoms with E-state index in [1.54, 1.807) is 25.3 Å². The number of aromatic nitrogens is 2. The molecule has 2 rings (SSSR count). The highest BCUT2D eigenvalue weighted by molar-refractivity contribution is 5.76. The first-order valence-corrected chi connectivity index (χ1v) is 4.46. The summed E-state index contributed by atoms with van der Waals surface area (Å²) in [6.45, 7) is 0.645. The standard InChI is InChI=1S/C10H12N2O2/c1-14-5-4-10-11-8-3-2-7(13)6-9(8)12-10/h2-3,6,13H,4-5H2,1H3,(H,11,12). The number of phenols is 1. The topological polar surface area (TPSA) is 58.1 Å². The molecule has 0 saturated carbocycles. The number of fused-ring (bicyclic) bond motifs is 1. The van der Waals surface area contributed by atoms with Crippen molar-refractivity contribution in [2.24, 2.45) is 0 Å². The number of hydrogen-bond acceptors (Lipinski definition) is 3. The van der Waals surface area contributed by atoms with E-state index in [1.807, 2.05) is 0 Å². The third-order valence-electron chi connectivity index (χ3n) is 2.06. The number of phenolic OH excluding ortho intramolecular Hbond substituents is 1. The molecule has 0 amide bonds. The van der Waals surface area contributed by atoms with Crippen LogP contribution in [0.15, 0.2) is 18.2 Å². The van der Waals surface area contributed by atoms with Crippen LogP contribution in [-0.4, -0.2) is 28.8 Å². The molecule has 4 heteroatoms. The molecule has 4 nitrogen and oxygen atoms in total. The molecular weight excluding hydrogens is 180 g/mol. The van der Waals surface area contributed by atoms with Crippen molar-refractivity contribution in [1.29, 1.82) is 0 Å². The van der Waals surface area contributed by atoms with E-state index in [0.29, 0.717) is 6.61 Å². The van der Waals surface area contributed by atoms with Crippen molar-refractivity contribution in [3.05, 3.63) is 24.0 Å². The molecule has 0 spiro atoms. The van der Waals surface area contributed by atoms with Gasteiger partial charge in [-0.05, 0) is 12.1 Å². The number of ether oxygens (including phenoxy) is 1. The summed E-state index contributed by atoms with van der Waals surface area (Å²) < 4.78 is 4.96. The summed E-state index contributed by atoms with van der Waals surface area (Å²) in [5.74, 6) is 1.13. The molecule has 0 unspecified atom stereocenters. The van der Waals surface area contributed by atoms with Gasteiger partial charge >= 0.3 is 0 Å². The molecule has 1 aromatic carbocycles. The summed E-state index contributed by atoms with van der Waals surface area (Å²) in [6.07, 6.45) is 0.756. The average molecular weight is 192 g/mol. The number of imidazole rings is 1. The summed E-state index contributed by atoms with van der Waals surface area (Å²) in [7, 11) is 1.66. The number of methoxy groups -OCH3 is 1. The first kappa shape index (κ1) is 9.02. The lowest BCUT2D eigenvalue weighted by atomic mass is 10.3. The molecule has 0 atom stereocenters. The van der Waals surface area contributed by atoms with Gasteiger partial charge in [-0.25, -0.2) is 4.98 Å². The van der Waals surface area contributed by atoms with E-state index < -0.39 is 0 Å². The van der Waals surface area contributed by atoms with Crippen molar-refractivity contribution < 1.29 is 9.84 Å². The van der Waals surface area contributed by atoms with Gasteiger partial charge in [-0.15, -0.1) is 0 Å². The lowest BCUT2D eigenvalue weighted by Gasteiger charge is -1.92. The van der Waals surface area contributed by atoms with E-state index in [0.717, 1.165) is 23.3 Å². The van der Waals surface area contributed by atoms with E-state index >= 15 is 0 Å². The quantitative estimate of drug-likeness (QED) is 0.774. The molecule has 0 aliphatic heterocycles. The normalized spacial score (nSPS) is 10.9. The Morgan fingerprint density at radius 3 is 3.14 bits per heavy atom. The summed E-state index contributed by atoms with van der Waals surface area (Å²) in [5.41, 5.74) is 1.73. The fourth-order valence-corrected chi connectivity index (χ4v) is 1.37. The Balaban J connectivity index is 2.32. The summed E-state index contributed by atoms with van der Waals surface area (Å²) in [6, 6.07) is 5.08. The largest absolute Gasteiger partial charge is 0.508 e. The van der Waals surface area contributed by atoms with E-state index in [4.69, 9.17) is 4.74 Å². The Labute approximate surface area is 81.5 Å². The Kier molecular flexibility index (Phi) is 2.37. The van der Waals surface area contributed by atoms with Gasteiger partial charge < -0.3 is 14.8 Å². The van der Waals surface area contributed by atoms with Crippen LogP contribution in [0.3, 0.4) is 0 Å². The summed E-state index contributed by atoms with van der Waals surface area (Å²) in [5, 5.41) is 9.24. The maximum absolute atomic E-state index is 9.24. The van der Waals surface area contributed by atoms with Gasteiger partial charge in [-0.1, -0.05) is 0 Å². The average Bonchev–Trinajstić information content (AvgIpc) is 2.56. The van der Waals surface area contributed by atoms with Gasteiger partial charge in [0.25, 0.3) is 0 Å². The number of H-pyrrole nitrogens is 1. The lowest BCUT2D eigenvalue weighted by molar-refractivity contribution is 0.201. The number of nitrogens with one attached hydrogen (secondary N) is 1. The number of aromatic amines is 1. The fraction of sp³-hybridized carbons (Fsp3) is 0.300. The summed E-state index contributed by atoms with van der Waals surface area (Å²) >= 11 is 0. The van der Waals surface area contributed by atoms with Crippen LogP contribution < -0.4 is 0 Å². The second-order valence-corrected chi connectivity index (χ2v) is 3.13. The van der Waals surface area contributed by atoms with Gasteiger partial charge in [0.2, 0.25) is 0 Å². The second kappa shape index (κ2) is 3.67. The fourth-order valence-electron chi connectivity index (χ4n) is 1.37. The third kappa shape index (κ3) is 1.70. The van der Waals surface area contributed by atoms with Crippen LogP contribution in [-0.2, 0) is 11.2 Å². The molecule has 1 heterocycles. The molecule has 0 fully saturated rings. The van der Waals surface area contributed by atoms with Crippen LogP contribution >= 0.6 is 0 Å². The number of rotatable bonds is 3. The van der Waals surface area contributed by atoms with E-state index in [-0.39, 0.29) is 5.75 Å². The van der Waals surface area contributed by atoms with E-state index in [9.17, 15) is 5.11 Å². The predicted molar refractivity (Wildman–Crippen MR) is 53.3 cm³/mol. The maximum Gasteiger partial charge on any atom is 0.117 e. The van der Waals surface area contributed by atoms with Crippen LogP contribution in [0.1, 0.15) is 5.82 Å². The van der Waals surface area contributed by atoms with Crippen molar-refractivity contribution in [2.45, 2.75) is 6.42 Å². The Morgan fingerprint density at radius 1 is 1.50 bits per heavy atom. The van der Waals surface area contributed by atoms with Gasteiger partial charge in [0.1, 0.15) is 11.6 Å². The van der Waals surface area contributed by atoms with Crippen LogP contribution in [0, 0.1) is 0 Å². The van der Waals surface area contributed by atoms with Crippen molar-refractivity contribution in [3.63, 3.8) is 0 Å². The molecule has 14 heavy (non-hydrogen) atoms. The van der Waals surface area contributed by atoms with Crippen LogP contribution in [0.4, 0.5) is 0 Å². The minimum absolute atomic E-state index is 0.249. The first-order chi connectivity index (χ1) is 6.79. The molecule has 0 aliphatic carbocycles. The second-order valence-electron chi connectivity index (χ2n) is 3.13. The number of nitrogens with zero attached hydrogens (tertiary/aromatic N) is 1. The Bertz CT molecular complexity index is 437. The highest BCUT2D eigenvalue weighted by Gasteiger charge is 2.02. The van der Waals surface area contributed by atoms with Crippen LogP contribution in [0.2, 0.25) is 0 Å². The molecule has 0 radical (unpaired) electrons. The molecule has 2 aromatic rings. The van der Waals surface area contributed by atoms with Gasteiger partial charge in [0, 0.05) is 19.6 Å². The minimum Gasteiger partial charge on any atom is -0.508 e. The summed E-state index contributed by atoms with van der Waals surface area (Å²) in [4.78, 5) is 7.46. The highest BCUT2D eigenvalue weighted by atomic mass is 16.5. The Morgan fingerprint density at radius 2 is 2.36 bits per heavy atom. The van der Waals surface area contributed by atoms with Crippen molar-refractivity contribution in [3.8, 4) is 5.75 Å². The molecule has 0 saturated heterocycles. The molecule has 74 valence electrons. The van der Waals surface area contributed by atoms with E-state index in [2.05, 4.69) is 9.97 Å². The van der Waals surface area contributed by atoms with Gasteiger partial charge in [0.15, 0.2) is 0 Å². The zero-order valence-corrected chi connectivity index (χ0v) is 7.95. The lowest BCUT2D eigenvalue weighted by Crippen LogP contribution is -1.95. The number of hydrogen-bond donors (Lipinski definition) is 2. The van der Waals surface area contributed by atoms with Crippen molar-refractivity contribution >= 4 is 11.0 Å². The zero-order chi connectivity index (χ0) is 9.97. The Hall–Kier alpha value is -1.55. The van der Waals surface area contributed by atoms with Crippen LogP contribution in [0.5, 0.6) is 5.75 Å². The molecular formula is C10H12N2O2. The van der Waals surface area contributed by atoms with Gasteiger partial charge in [0.05, 0.1) is 17.6 Å². The molecule has 1 aromatic heterocycles. The molecule has 0 bridgehead atoms. The monoisotopic (exact) mass is 192 g/mol. The number of benzene rings is 1.